The first kappa shape index (κ1) is 17.2. The Morgan fingerprint density at radius 1 is 1.23 bits per heavy atom. The first-order chi connectivity index (χ1) is 12.7. The van der Waals surface area contributed by atoms with Crippen molar-refractivity contribution in [2.24, 2.45) is 0 Å². The molecule has 0 aliphatic carbocycles. The highest BCUT2D eigenvalue weighted by atomic mass is 16.5. The topological polar surface area (TPSA) is 90.0 Å². The second-order valence-corrected chi connectivity index (χ2v) is 5.27. The molecule has 7 heteroatoms. The van der Waals surface area contributed by atoms with Crippen molar-refractivity contribution in [2.45, 2.75) is 13.5 Å². The van der Waals surface area contributed by atoms with E-state index in [1.807, 2.05) is 18.2 Å². The van der Waals surface area contributed by atoms with Gasteiger partial charge in [-0.05, 0) is 43.3 Å². The van der Waals surface area contributed by atoms with E-state index in [0.717, 1.165) is 5.69 Å². The van der Waals surface area contributed by atoms with Crippen molar-refractivity contribution in [3.8, 4) is 17.6 Å². The largest absolute Gasteiger partial charge is 0.471 e. The van der Waals surface area contributed by atoms with Crippen molar-refractivity contribution in [2.75, 3.05) is 6.61 Å². The predicted octanol–water partition coefficient (Wildman–Crippen LogP) is 2.89. The van der Waals surface area contributed by atoms with Crippen molar-refractivity contribution in [3.05, 3.63) is 71.7 Å². The summed E-state index contributed by atoms with van der Waals surface area (Å²) >= 11 is 0. The summed E-state index contributed by atoms with van der Waals surface area (Å²) in [5.41, 5.74) is 2.09. The van der Waals surface area contributed by atoms with Crippen LogP contribution in [-0.4, -0.2) is 27.3 Å². The summed E-state index contributed by atoms with van der Waals surface area (Å²) in [6, 6.07) is 15.9. The zero-order valence-corrected chi connectivity index (χ0v) is 14.1. The van der Waals surface area contributed by atoms with Gasteiger partial charge >= 0.3 is 5.97 Å². The van der Waals surface area contributed by atoms with Crippen molar-refractivity contribution < 1.29 is 14.3 Å². The highest BCUT2D eigenvalue weighted by molar-refractivity contribution is 5.87. The molecule has 0 radical (unpaired) electrons. The fourth-order valence-corrected chi connectivity index (χ4v) is 2.27. The van der Waals surface area contributed by atoms with Gasteiger partial charge in [-0.3, -0.25) is 4.98 Å². The van der Waals surface area contributed by atoms with Crippen LogP contribution in [0.4, 0.5) is 0 Å². The van der Waals surface area contributed by atoms with Crippen molar-refractivity contribution in [1.29, 1.82) is 5.26 Å². The molecule has 0 saturated carbocycles. The Bertz CT molecular complexity index is 928. The molecule has 0 aliphatic rings. The Morgan fingerprint density at radius 2 is 2.04 bits per heavy atom. The summed E-state index contributed by atoms with van der Waals surface area (Å²) in [5, 5.41) is 13.2. The van der Waals surface area contributed by atoms with E-state index in [4.69, 9.17) is 14.7 Å². The Labute approximate surface area is 150 Å². The number of ether oxygens (including phenoxy) is 2. The average molecular weight is 348 g/mol. The maximum atomic E-state index is 12.0. The molecule has 0 spiro atoms. The van der Waals surface area contributed by atoms with Crippen molar-refractivity contribution in [1.82, 2.24) is 14.8 Å². The molecule has 2 heterocycles. The molecule has 0 fully saturated rings. The summed E-state index contributed by atoms with van der Waals surface area (Å²) in [6.45, 7) is 2.21. The molecule has 130 valence electrons. The zero-order valence-electron chi connectivity index (χ0n) is 14.1. The number of pyridine rings is 1. The summed E-state index contributed by atoms with van der Waals surface area (Å²) in [5.74, 6) is -0.147. The molecule has 0 aliphatic heterocycles. The first-order valence-corrected chi connectivity index (χ1v) is 8.01. The number of benzene rings is 1. The van der Waals surface area contributed by atoms with E-state index in [1.54, 1.807) is 37.4 Å². The van der Waals surface area contributed by atoms with E-state index in [2.05, 4.69) is 16.2 Å². The van der Waals surface area contributed by atoms with Crippen LogP contribution in [0.3, 0.4) is 0 Å². The average Bonchev–Trinajstić information content (AvgIpc) is 3.12. The van der Waals surface area contributed by atoms with Gasteiger partial charge in [-0.1, -0.05) is 6.07 Å². The number of esters is 1. The van der Waals surface area contributed by atoms with Crippen LogP contribution < -0.4 is 4.74 Å². The lowest BCUT2D eigenvalue weighted by molar-refractivity contribution is 0.0519. The Balaban J connectivity index is 1.91. The number of hydrogen-bond donors (Lipinski definition) is 0. The number of hydrogen-bond acceptors (Lipinski definition) is 6. The Hall–Kier alpha value is -3.66. The van der Waals surface area contributed by atoms with E-state index in [9.17, 15) is 4.79 Å². The molecule has 26 heavy (non-hydrogen) atoms. The number of rotatable bonds is 6. The summed E-state index contributed by atoms with van der Waals surface area (Å²) in [7, 11) is 0. The van der Waals surface area contributed by atoms with Crippen molar-refractivity contribution in [3.63, 3.8) is 0 Å². The lowest BCUT2D eigenvalue weighted by atomic mass is 10.2. The standard InChI is InChI=1S/C19H16N4O3/c1-2-25-19(24)17-11-18(26-13-15-5-3-4-10-21-15)23(22-17)16-8-6-14(12-20)7-9-16/h3-11H,2,13H2,1H3. The van der Waals surface area contributed by atoms with Crippen LogP contribution in [0, 0.1) is 11.3 Å². The van der Waals surface area contributed by atoms with Gasteiger partial charge in [0.2, 0.25) is 5.88 Å². The first-order valence-electron chi connectivity index (χ1n) is 8.01. The molecule has 1 aromatic carbocycles. The van der Waals surface area contributed by atoms with E-state index in [-0.39, 0.29) is 18.9 Å². The van der Waals surface area contributed by atoms with Crippen LogP contribution in [0.25, 0.3) is 5.69 Å². The molecule has 0 N–H and O–H groups in total. The van der Waals surface area contributed by atoms with Crippen molar-refractivity contribution >= 4 is 5.97 Å². The molecule has 0 saturated heterocycles. The van der Waals surface area contributed by atoms with Crippen LogP contribution in [0.2, 0.25) is 0 Å². The number of nitrogens with zero attached hydrogens (tertiary/aromatic N) is 4. The molecule has 0 unspecified atom stereocenters. The minimum Gasteiger partial charge on any atom is -0.471 e. The molecule has 0 bridgehead atoms. The highest BCUT2D eigenvalue weighted by Crippen LogP contribution is 2.21. The fraction of sp³-hybridized carbons (Fsp3) is 0.158. The summed E-state index contributed by atoms with van der Waals surface area (Å²) in [6.07, 6.45) is 1.68. The molecular weight excluding hydrogens is 332 g/mol. The van der Waals surface area contributed by atoms with Gasteiger partial charge in [0.05, 0.1) is 29.6 Å². The second-order valence-electron chi connectivity index (χ2n) is 5.27. The zero-order chi connectivity index (χ0) is 18.4. The number of nitriles is 1. The third-order valence-corrected chi connectivity index (χ3v) is 3.50. The molecule has 3 rings (SSSR count). The van der Waals surface area contributed by atoms with E-state index >= 15 is 0 Å². The van der Waals surface area contributed by atoms with E-state index in [0.29, 0.717) is 17.1 Å². The minimum atomic E-state index is -0.525. The Morgan fingerprint density at radius 3 is 2.69 bits per heavy atom. The highest BCUT2D eigenvalue weighted by Gasteiger charge is 2.17. The Kier molecular flexibility index (Phi) is 5.25. The van der Waals surface area contributed by atoms with Gasteiger partial charge in [0, 0.05) is 12.3 Å². The van der Waals surface area contributed by atoms with E-state index < -0.39 is 5.97 Å². The maximum absolute atomic E-state index is 12.0. The van der Waals surface area contributed by atoms with Crippen LogP contribution in [0.1, 0.15) is 28.7 Å². The molecular formula is C19H16N4O3. The lowest BCUT2D eigenvalue weighted by Gasteiger charge is -2.08. The third-order valence-electron chi connectivity index (χ3n) is 3.50. The van der Waals surface area contributed by atoms with Crippen LogP contribution in [0.15, 0.2) is 54.7 Å². The molecule has 0 atom stereocenters. The van der Waals surface area contributed by atoms with Gasteiger partial charge in [0.1, 0.15) is 6.61 Å². The molecule has 0 amide bonds. The van der Waals surface area contributed by atoms with Gasteiger partial charge in [-0.2, -0.15) is 10.4 Å². The minimum absolute atomic E-state index is 0.146. The van der Waals surface area contributed by atoms with E-state index in [1.165, 1.54) is 10.7 Å². The molecule has 7 nitrogen and oxygen atoms in total. The number of aromatic nitrogens is 3. The van der Waals surface area contributed by atoms with Crippen LogP contribution >= 0.6 is 0 Å². The lowest BCUT2D eigenvalue weighted by Crippen LogP contribution is -2.07. The van der Waals surface area contributed by atoms with Gasteiger partial charge < -0.3 is 9.47 Å². The monoisotopic (exact) mass is 348 g/mol. The summed E-state index contributed by atoms with van der Waals surface area (Å²) < 4.78 is 12.3. The fourth-order valence-electron chi connectivity index (χ4n) is 2.27. The molecule has 2 aromatic heterocycles. The molecule has 3 aromatic rings. The third kappa shape index (κ3) is 3.87. The van der Waals surface area contributed by atoms with Gasteiger partial charge in [0.15, 0.2) is 5.69 Å². The normalized spacial score (nSPS) is 10.2. The predicted molar refractivity (Wildman–Crippen MR) is 92.8 cm³/mol. The number of carbonyl (C=O) groups excluding carboxylic acids is 1. The SMILES string of the molecule is CCOC(=O)c1cc(OCc2ccccn2)n(-c2ccc(C#N)cc2)n1. The van der Waals surface area contributed by atoms with Crippen LogP contribution in [-0.2, 0) is 11.3 Å². The van der Waals surface area contributed by atoms with Gasteiger partial charge in [-0.25, -0.2) is 9.48 Å². The smallest absolute Gasteiger partial charge is 0.358 e. The second kappa shape index (κ2) is 7.94. The summed E-state index contributed by atoms with van der Waals surface area (Å²) in [4.78, 5) is 16.2. The van der Waals surface area contributed by atoms with Crippen LogP contribution in [0.5, 0.6) is 5.88 Å². The number of carbonyl (C=O) groups is 1. The maximum Gasteiger partial charge on any atom is 0.358 e. The quantitative estimate of drug-likeness (QED) is 0.636. The van der Waals surface area contributed by atoms with Gasteiger partial charge in [0.25, 0.3) is 0 Å². The van der Waals surface area contributed by atoms with Gasteiger partial charge in [-0.15, -0.1) is 0 Å².